The molecule has 0 unspecified atom stereocenters. The Morgan fingerprint density at radius 2 is 1.64 bits per heavy atom. The van der Waals surface area contributed by atoms with Crippen molar-refractivity contribution < 1.29 is 19.1 Å². The molecule has 1 N–H and O–H groups in total. The normalized spacial score (nSPS) is 13.9. The summed E-state index contributed by atoms with van der Waals surface area (Å²) in [6, 6.07) is 15.3. The van der Waals surface area contributed by atoms with Crippen molar-refractivity contribution in [3.05, 3.63) is 65.4 Å². The highest BCUT2D eigenvalue weighted by atomic mass is 16.5. The zero-order valence-electron chi connectivity index (χ0n) is 20.0. The van der Waals surface area contributed by atoms with Crippen LogP contribution in [0, 0.1) is 5.92 Å². The number of benzene rings is 2. The third kappa shape index (κ3) is 6.23. The maximum absolute atomic E-state index is 13.3. The highest BCUT2D eigenvalue weighted by Crippen LogP contribution is 2.31. The summed E-state index contributed by atoms with van der Waals surface area (Å²) in [4.78, 5) is 27.9. The molecule has 0 saturated carbocycles. The van der Waals surface area contributed by atoms with Crippen molar-refractivity contribution in [3.8, 4) is 5.75 Å². The number of rotatable bonds is 12. The molecule has 2 amide bonds. The maximum Gasteiger partial charge on any atom is 0.278 e. The molecule has 0 radical (unpaired) electrons. The lowest BCUT2D eigenvalue weighted by molar-refractivity contribution is -0.137. The largest absolute Gasteiger partial charge is 0.493 e. The lowest BCUT2D eigenvalue weighted by atomic mass is 10.0. The second-order valence-corrected chi connectivity index (χ2v) is 8.47. The van der Waals surface area contributed by atoms with Crippen molar-refractivity contribution in [2.24, 2.45) is 5.92 Å². The van der Waals surface area contributed by atoms with Crippen LogP contribution in [0.3, 0.4) is 0 Å². The first kappa shape index (κ1) is 24.5. The van der Waals surface area contributed by atoms with Gasteiger partial charge in [-0.3, -0.25) is 14.5 Å². The molecule has 0 saturated heterocycles. The quantitative estimate of drug-likeness (QED) is 0.368. The van der Waals surface area contributed by atoms with Gasteiger partial charge in [0.15, 0.2) is 0 Å². The monoisotopic (exact) mass is 450 g/mol. The molecule has 1 aliphatic heterocycles. The van der Waals surface area contributed by atoms with Crippen LogP contribution in [-0.2, 0) is 20.7 Å². The summed E-state index contributed by atoms with van der Waals surface area (Å²) in [5.41, 5.74) is 3.35. The van der Waals surface area contributed by atoms with Crippen LogP contribution in [0.1, 0.15) is 45.2 Å². The van der Waals surface area contributed by atoms with E-state index < -0.39 is 0 Å². The molecule has 2 aromatic rings. The molecule has 6 nitrogen and oxygen atoms in total. The average molecular weight is 451 g/mol. The van der Waals surface area contributed by atoms with Gasteiger partial charge in [-0.2, -0.15) is 0 Å². The second-order valence-electron chi connectivity index (χ2n) is 8.47. The Morgan fingerprint density at radius 1 is 0.939 bits per heavy atom. The molecule has 0 spiro atoms. The van der Waals surface area contributed by atoms with E-state index in [1.54, 1.807) is 0 Å². The molecule has 1 heterocycles. The Labute approximate surface area is 196 Å². The number of aryl methyl sites for hydroxylation is 1. The van der Waals surface area contributed by atoms with Gasteiger partial charge in [-0.15, -0.1) is 0 Å². The molecule has 6 heteroatoms. The predicted octanol–water partition coefficient (Wildman–Crippen LogP) is 4.90. The first-order chi connectivity index (χ1) is 15.9. The summed E-state index contributed by atoms with van der Waals surface area (Å²) >= 11 is 0. The highest BCUT2D eigenvalue weighted by Gasteiger charge is 2.38. The third-order valence-electron chi connectivity index (χ3n) is 5.40. The zero-order valence-corrected chi connectivity index (χ0v) is 20.0. The number of carbonyl (C=O) groups is 2. The Balaban J connectivity index is 1.88. The molecule has 33 heavy (non-hydrogen) atoms. The van der Waals surface area contributed by atoms with Crippen LogP contribution in [0.2, 0.25) is 0 Å². The topological polar surface area (TPSA) is 67.9 Å². The third-order valence-corrected chi connectivity index (χ3v) is 5.40. The number of hydrogen-bond acceptors (Lipinski definition) is 5. The van der Waals surface area contributed by atoms with Crippen LogP contribution >= 0.6 is 0 Å². The van der Waals surface area contributed by atoms with Crippen molar-refractivity contribution in [1.29, 1.82) is 0 Å². The summed E-state index contributed by atoms with van der Waals surface area (Å²) < 4.78 is 11.1. The van der Waals surface area contributed by atoms with E-state index >= 15 is 0 Å². The minimum Gasteiger partial charge on any atom is -0.493 e. The first-order valence-electron chi connectivity index (χ1n) is 11.7. The van der Waals surface area contributed by atoms with Gasteiger partial charge >= 0.3 is 0 Å². The molecular formula is C27H34N2O4. The SMILES string of the molecule is CCOCCCN1C(=O)C(Nc2ccc(CC)cc2)=C(c2ccc(OCC(C)C)cc2)C1=O. The number of imide groups is 1. The van der Waals surface area contributed by atoms with Crippen LogP contribution in [0.5, 0.6) is 5.75 Å². The fourth-order valence-electron chi connectivity index (χ4n) is 3.58. The van der Waals surface area contributed by atoms with Gasteiger partial charge < -0.3 is 14.8 Å². The fourth-order valence-corrected chi connectivity index (χ4v) is 3.58. The fraction of sp³-hybridized carbons (Fsp3) is 0.407. The lowest BCUT2D eigenvalue weighted by Gasteiger charge is -2.15. The summed E-state index contributed by atoms with van der Waals surface area (Å²) in [6.45, 7) is 10.2. The van der Waals surface area contributed by atoms with E-state index in [2.05, 4.69) is 26.1 Å². The molecule has 0 bridgehead atoms. The van der Waals surface area contributed by atoms with Crippen LogP contribution < -0.4 is 10.1 Å². The van der Waals surface area contributed by atoms with E-state index in [0.29, 0.717) is 55.5 Å². The van der Waals surface area contributed by atoms with Gasteiger partial charge in [0.05, 0.1) is 12.2 Å². The number of amides is 2. The van der Waals surface area contributed by atoms with Gasteiger partial charge in [0.1, 0.15) is 11.4 Å². The second kappa shape index (κ2) is 11.7. The van der Waals surface area contributed by atoms with Crippen LogP contribution in [0.4, 0.5) is 5.69 Å². The van der Waals surface area contributed by atoms with E-state index in [4.69, 9.17) is 9.47 Å². The summed E-state index contributed by atoms with van der Waals surface area (Å²) in [5.74, 6) is 0.552. The van der Waals surface area contributed by atoms with E-state index in [1.165, 1.54) is 10.5 Å². The number of ether oxygens (including phenoxy) is 2. The summed E-state index contributed by atoms with van der Waals surface area (Å²) in [7, 11) is 0. The number of nitrogens with one attached hydrogen (secondary N) is 1. The molecule has 1 aliphatic rings. The molecule has 0 aromatic heterocycles. The predicted molar refractivity (Wildman–Crippen MR) is 131 cm³/mol. The van der Waals surface area contributed by atoms with Crippen LogP contribution in [0.25, 0.3) is 5.57 Å². The van der Waals surface area contributed by atoms with Crippen LogP contribution in [0.15, 0.2) is 54.2 Å². The van der Waals surface area contributed by atoms with Gasteiger partial charge in [-0.05, 0) is 61.1 Å². The summed E-state index contributed by atoms with van der Waals surface area (Å²) in [6.07, 6.45) is 1.53. The summed E-state index contributed by atoms with van der Waals surface area (Å²) in [5, 5.41) is 3.21. The van der Waals surface area contributed by atoms with E-state index in [9.17, 15) is 9.59 Å². The van der Waals surface area contributed by atoms with E-state index in [1.807, 2.05) is 55.5 Å². The van der Waals surface area contributed by atoms with Crippen molar-refractivity contribution in [2.75, 3.05) is 31.7 Å². The van der Waals surface area contributed by atoms with Gasteiger partial charge in [0.25, 0.3) is 11.8 Å². The zero-order chi connectivity index (χ0) is 23.8. The van der Waals surface area contributed by atoms with Crippen molar-refractivity contribution in [1.82, 2.24) is 4.90 Å². The Kier molecular flexibility index (Phi) is 8.66. The Bertz CT molecular complexity index is 978. The van der Waals surface area contributed by atoms with Crippen LogP contribution in [-0.4, -0.2) is 43.1 Å². The smallest absolute Gasteiger partial charge is 0.278 e. The average Bonchev–Trinajstić information content (AvgIpc) is 3.05. The lowest BCUT2D eigenvalue weighted by Crippen LogP contribution is -2.34. The Morgan fingerprint density at radius 3 is 2.24 bits per heavy atom. The van der Waals surface area contributed by atoms with Crippen molar-refractivity contribution in [2.45, 2.75) is 40.5 Å². The van der Waals surface area contributed by atoms with E-state index in [-0.39, 0.29) is 11.8 Å². The number of anilines is 1. The molecule has 2 aromatic carbocycles. The number of carbonyl (C=O) groups excluding carboxylic acids is 2. The van der Waals surface area contributed by atoms with Gasteiger partial charge in [0, 0.05) is 25.4 Å². The molecule has 0 aliphatic carbocycles. The highest BCUT2D eigenvalue weighted by molar-refractivity contribution is 6.36. The Hall–Kier alpha value is -3.12. The standard InChI is InChI=1S/C27H34N2O4/c1-5-20-8-12-22(13-9-20)28-25-24(21-10-14-23(15-11-21)33-18-19(3)4)26(30)29(27(25)31)16-7-17-32-6-2/h8-15,19,28H,5-7,16-18H2,1-4H3. The van der Waals surface area contributed by atoms with Gasteiger partial charge in [0.2, 0.25) is 0 Å². The van der Waals surface area contributed by atoms with Crippen molar-refractivity contribution >= 4 is 23.1 Å². The number of nitrogens with zero attached hydrogens (tertiary/aromatic N) is 1. The first-order valence-corrected chi connectivity index (χ1v) is 11.7. The molecule has 0 atom stereocenters. The molecular weight excluding hydrogens is 416 g/mol. The van der Waals surface area contributed by atoms with E-state index in [0.717, 1.165) is 17.9 Å². The molecule has 3 rings (SSSR count). The van der Waals surface area contributed by atoms with Gasteiger partial charge in [-0.25, -0.2) is 0 Å². The number of hydrogen-bond donors (Lipinski definition) is 1. The minimum absolute atomic E-state index is 0.292. The maximum atomic E-state index is 13.3. The molecule has 0 fully saturated rings. The van der Waals surface area contributed by atoms with Crippen molar-refractivity contribution in [3.63, 3.8) is 0 Å². The minimum atomic E-state index is -0.314. The van der Waals surface area contributed by atoms with Gasteiger partial charge in [-0.1, -0.05) is 45.0 Å². The molecule has 176 valence electrons.